The minimum Gasteiger partial charge on any atom is -0.481 e. The first-order valence-electron chi connectivity index (χ1n) is 7.67. The lowest BCUT2D eigenvalue weighted by molar-refractivity contribution is -0.136. The lowest BCUT2D eigenvalue weighted by atomic mass is 10.1. The first kappa shape index (κ1) is 26.2. The molecular weight excluding hydrogens is 620 g/mol. The molecule has 0 bridgehead atoms. The van der Waals surface area contributed by atoms with Crippen molar-refractivity contribution in [3.63, 3.8) is 0 Å². The number of sulfonamides is 2. The van der Waals surface area contributed by atoms with E-state index in [2.05, 4.69) is 57.2 Å². The first-order valence-corrected chi connectivity index (χ1v) is 13.0. The van der Waals surface area contributed by atoms with Gasteiger partial charge >= 0.3 is 5.97 Å². The molecule has 0 aliphatic carbocycles. The van der Waals surface area contributed by atoms with Crippen LogP contribution < -0.4 is 9.44 Å². The van der Waals surface area contributed by atoms with Gasteiger partial charge in [0, 0.05) is 13.4 Å². The van der Waals surface area contributed by atoms with Crippen molar-refractivity contribution < 1.29 is 26.7 Å². The molecule has 0 aliphatic heterocycles. The second-order valence-corrected chi connectivity index (χ2v) is 11.5. The average Bonchev–Trinajstić information content (AvgIpc) is 2.61. The van der Waals surface area contributed by atoms with Crippen LogP contribution in [0.3, 0.4) is 0 Å². The normalized spacial score (nSPS) is 11.5. The van der Waals surface area contributed by atoms with Crippen LogP contribution in [0.15, 0.2) is 59.6 Å². The van der Waals surface area contributed by atoms with Gasteiger partial charge in [-0.2, -0.15) is 0 Å². The Kier molecular flexibility index (Phi) is 9.92. The van der Waals surface area contributed by atoms with Crippen LogP contribution in [0.25, 0.3) is 0 Å². The van der Waals surface area contributed by atoms with Crippen LogP contribution >= 0.6 is 47.8 Å². The quantitative estimate of drug-likeness (QED) is 0.447. The first-order chi connectivity index (χ1) is 13.4. The molecule has 13 heteroatoms. The van der Waals surface area contributed by atoms with Crippen molar-refractivity contribution in [3.8, 4) is 0 Å². The molecule has 0 unspecified atom stereocenters. The highest BCUT2D eigenvalue weighted by molar-refractivity contribution is 9.11. The number of carbonyl (C=O) groups is 1. The second kappa shape index (κ2) is 11.0. The number of rotatable bonds is 6. The van der Waals surface area contributed by atoms with Crippen molar-refractivity contribution in [1.29, 1.82) is 0 Å². The van der Waals surface area contributed by atoms with Crippen molar-refractivity contribution in [2.45, 2.75) is 16.2 Å². The van der Waals surface area contributed by atoms with E-state index in [4.69, 9.17) is 5.11 Å². The molecule has 8 nitrogen and oxygen atoms in total. The van der Waals surface area contributed by atoms with Gasteiger partial charge < -0.3 is 5.11 Å². The largest absolute Gasteiger partial charge is 0.481 e. The van der Waals surface area contributed by atoms with Gasteiger partial charge in [-0.25, -0.2) is 26.3 Å². The summed E-state index contributed by atoms with van der Waals surface area (Å²) in [6.07, 6.45) is -0.338. The Labute approximate surface area is 194 Å². The van der Waals surface area contributed by atoms with Crippen LogP contribution in [0.4, 0.5) is 0 Å². The van der Waals surface area contributed by atoms with Crippen molar-refractivity contribution in [3.05, 3.63) is 55.4 Å². The van der Waals surface area contributed by atoms with Gasteiger partial charge in [0.25, 0.3) is 0 Å². The smallest absolute Gasteiger partial charge is 0.307 e. The van der Waals surface area contributed by atoms with E-state index in [0.717, 1.165) is 0 Å². The summed E-state index contributed by atoms with van der Waals surface area (Å²) < 4.78 is 52.2. The van der Waals surface area contributed by atoms with Gasteiger partial charge in [0.05, 0.1) is 11.3 Å². The fourth-order valence-electron chi connectivity index (χ4n) is 2.10. The molecule has 0 atom stereocenters. The zero-order valence-electron chi connectivity index (χ0n) is 15.1. The summed E-state index contributed by atoms with van der Waals surface area (Å²) in [5, 5.41) is 8.69. The van der Waals surface area contributed by atoms with E-state index in [1.54, 1.807) is 30.3 Å². The monoisotopic (exact) mass is 634 g/mol. The average molecular weight is 637 g/mol. The second-order valence-electron chi connectivity index (χ2n) is 5.26. The van der Waals surface area contributed by atoms with Gasteiger partial charge in [-0.3, -0.25) is 4.79 Å². The molecule has 2 aromatic rings. The highest BCUT2D eigenvalue weighted by Crippen LogP contribution is 2.29. The number of carboxylic acids is 1. The lowest BCUT2D eigenvalue weighted by Crippen LogP contribution is -2.21. The van der Waals surface area contributed by atoms with Crippen molar-refractivity contribution in [2.24, 2.45) is 0 Å². The summed E-state index contributed by atoms with van der Waals surface area (Å²) in [6, 6.07) is 9.72. The highest BCUT2D eigenvalue weighted by atomic mass is 79.9. The van der Waals surface area contributed by atoms with E-state index in [0.29, 0.717) is 13.4 Å². The Morgan fingerprint density at radius 3 is 1.62 bits per heavy atom. The minimum atomic E-state index is -3.67. The number of carboxylic acid groups (broad SMARTS) is 1. The molecule has 2 aromatic carbocycles. The van der Waals surface area contributed by atoms with Crippen molar-refractivity contribution in [2.75, 3.05) is 14.1 Å². The van der Waals surface area contributed by atoms with E-state index < -0.39 is 26.0 Å². The lowest BCUT2D eigenvalue weighted by Gasteiger charge is -2.09. The fourth-order valence-corrected chi connectivity index (χ4v) is 7.29. The van der Waals surface area contributed by atoms with Crippen molar-refractivity contribution >= 4 is 73.8 Å². The topological polar surface area (TPSA) is 130 Å². The molecule has 0 radical (unpaired) electrons. The molecular formula is C16H17Br3N2O6S2. The van der Waals surface area contributed by atoms with E-state index in [9.17, 15) is 21.6 Å². The van der Waals surface area contributed by atoms with Crippen LogP contribution in [0.2, 0.25) is 0 Å². The third kappa shape index (κ3) is 7.12. The molecule has 3 N–H and O–H groups in total. The molecule has 0 aromatic heterocycles. The highest BCUT2D eigenvalue weighted by Gasteiger charge is 2.21. The predicted molar refractivity (Wildman–Crippen MR) is 120 cm³/mol. The van der Waals surface area contributed by atoms with E-state index in [1.807, 2.05) is 0 Å². The predicted octanol–water partition coefficient (Wildman–Crippen LogP) is 3.10. The number of benzene rings is 2. The molecule has 0 heterocycles. The zero-order chi connectivity index (χ0) is 22.4. The third-order valence-electron chi connectivity index (χ3n) is 3.38. The summed E-state index contributed by atoms with van der Waals surface area (Å²) in [7, 11) is -4.42. The maximum absolute atomic E-state index is 11.7. The molecule has 2 rings (SSSR count). The van der Waals surface area contributed by atoms with Gasteiger partial charge in [-0.1, -0.05) is 18.2 Å². The third-order valence-corrected chi connectivity index (χ3v) is 9.23. The molecule has 29 heavy (non-hydrogen) atoms. The fraction of sp³-hybridized carbons (Fsp3) is 0.188. The molecule has 160 valence electrons. The van der Waals surface area contributed by atoms with Crippen LogP contribution in [-0.2, 0) is 31.3 Å². The van der Waals surface area contributed by atoms with Gasteiger partial charge in [-0.15, -0.1) is 0 Å². The maximum atomic E-state index is 11.7. The van der Waals surface area contributed by atoms with Gasteiger partial charge in [0.2, 0.25) is 20.0 Å². The zero-order valence-corrected chi connectivity index (χ0v) is 21.5. The van der Waals surface area contributed by atoms with Crippen molar-refractivity contribution in [1.82, 2.24) is 9.44 Å². The Bertz CT molecular complexity index is 1090. The summed E-state index contributed by atoms with van der Waals surface area (Å²) in [5.74, 6) is -1.08. The Hall–Kier alpha value is -0.830. The molecule has 0 amide bonds. The summed E-state index contributed by atoms with van der Waals surface area (Å²) in [4.78, 5) is 10.8. The van der Waals surface area contributed by atoms with Crippen LogP contribution in [0.5, 0.6) is 0 Å². The Morgan fingerprint density at radius 2 is 1.21 bits per heavy atom. The summed E-state index contributed by atoms with van der Waals surface area (Å²) in [6.45, 7) is 0. The van der Waals surface area contributed by atoms with E-state index in [-0.39, 0.29) is 21.8 Å². The summed E-state index contributed by atoms with van der Waals surface area (Å²) in [5.41, 5.74) is 0.247. The standard InChI is InChI=1S/C9H10BrNO4S.C7H7Br2NO2S/c1-11-16(14,15)9-6(5-8(12)13)3-2-4-7(9)10;1-10-13(11,12)7-5(8)3-2-4-6(7)9/h2-4,11H,5H2,1H3,(H,12,13);2-4,10H,1H3. The Balaban J connectivity index is 0.000000296. The van der Waals surface area contributed by atoms with Crippen LogP contribution in [0.1, 0.15) is 5.56 Å². The molecule has 0 saturated heterocycles. The number of hydrogen-bond acceptors (Lipinski definition) is 5. The van der Waals surface area contributed by atoms with Crippen LogP contribution in [-0.4, -0.2) is 42.0 Å². The summed E-state index contributed by atoms with van der Waals surface area (Å²) >= 11 is 9.45. The minimum absolute atomic E-state index is 0.0279. The number of aliphatic carboxylic acids is 1. The molecule has 0 fully saturated rings. The van der Waals surface area contributed by atoms with Gasteiger partial charge in [0.1, 0.15) is 4.90 Å². The molecule has 0 spiro atoms. The van der Waals surface area contributed by atoms with Crippen LogP contribution in [0, 0.1) is 0 Å². The van der Waals surface area contributed by atoms with Gasteiger partial charge in [0.15, 0.2) is 0 Å². The molecule has 0 saturated carbocycles. The number of halogens is 3. The molecule has 0 aliphatic rings. The van der Waals surface area contributed by atoms with E-state index in [1.165, 1.54) is 20.2 Å². The number of nitrogens with one attached hydrogen (secondary N) is 2. The Morgan fingerprint density at radius 1 is 0.828 bits per heavy atom. The SMILES string of the molecule is CNS(=O)(=O)c1c(Br)cccc1Br.CNS(=O)(=O)c1c(Br)cccc1CC(=O)O. The van der Waals surface area contributed by atoms with Gasteiger partial charge in [-0.05, 0) is 85.6 Å². The van der Waals surface area contributed by atoms with E-state index >= 15 is 0 Å². The maximum Gasteiger partial charge on any atom is 0.307 e. The number of hydrogen-bond donors (Lipinski definition) is 3.